The Kier molecular flexibility index (Phi) is 4.05. The second kappa shape index (κ2) is 5.57. The normalized spacial score (nSPS) is 10.3. The highest BCUT2D eigenvalue weighted by molar-refractivity contribution is 9.10. The minimum Gasteiger partial charge on any atom is -0.496 e. The highest BCUT2D eigenvalue weighted by Gasteiger charge is 2.15. The molecule has 0 aliphatic carbocycles. The Hall–Kier alpha value is -1.61. The highest BCUT2D eigenvalue weighted by Crippen LogP contribution is 2.26. The maximum absolute atomic E-state index is 12.5. The molecule has 0 spiro atoms. The van der Waals surface area contributed by atoms with Gasteiger partial charge in [-0.15, -0.1) is 0 Å². The summed E-state index contributed by atoms with van der Waals surface area (Å²) in [5.74, 6) is 0.560. The molecule has 0 heterocycles. The smallest absolute Gasteiger partial charge is 0.196 e. The van der Waals surface area contributed by atoms with Crippen molar-refractivity contribution in [3.8, 4) is 5.75 Å². The Morgan fingerprint density at radius 3 is 2.42 bits per heavy atom. The summed E-state index contributed by atoms with van der Waals surface area (Å²) in [6.45, 7) is 4.04. The molecular weight excluding hydrogens is 304 g/mol. The fourth-order valence-electron chi connectivity index (χ4n) is 1.89. The van der Waals surface area contributed by atoms with Crippen molar-refractivity contribution in [1.82, 2.24) is 0 Å². The number of ketones is 1. The number of carbonyl (C=O) groups is 1. The van der Waals surface area contributed by atoms with Gasteiger partial charge in [-0.3, -0.25) is 4.79 Å². The van der Waals surface area contributed by atoms with Crippen LogP contribution in [-0.2, 0) is 0 Å². The number of rotatable bonds is 3. The average Bonchev–Trinajstić information content (AvgIpc) is 2.41. The molecule has 98 valence electrons. The number of hydrogen-bond donors (Lipinski definition) is 0. The van der Waals surface area contributed by atoms with Gasteiger partial charge in [-0.2, -0.15) is 0 Å². The first kappa shape index (κ1) is 13.8. The summed E-state index contributed by atoms with van der Waals surface area (Å²) in [4.78, 5) is 12.5. The fraction of sp³-hybridized carbons (Fsp3) is 0.188. The summed E-state index contributed by atoms with van der Waals surface area (Å²) < 4.78 is 6.16. The van der Waals surface area contributed by atoms with E-state index in [4.69, 9.17) is 4.74 Å². The summed E-state index contributed by atoms with van der Waals surface area (Å²) >= 11 is 3.37. The van der Waals surface area contributed by atoms with Crippen LogP contribution >= 0.6 is 15.9 Å². The largest absolute Gasteiger partial charge is 0.496 e. The van der Waals surface area contributed by atoms with Crippen LogP contribution in [0.25, 0.3) is 0 Å². The molecule has 0 amide bonds. The molecule has 0 saturated carbocycles. The summed E-state index contributed by atoms with van der Waals surface area (Å²) in [5.41, 5.74) is 3.55. The topological polar surface area (TPSA) is 26.3 Å². The Morgan fingerprint density at radius 1 is 1.05 bits per heavy atom. The van der Waals surface area contributed by atoms with Gasteiger partial charge in [-0.25, -0.2) is 0 Å². The molecule has 0 atom stereocenters. The van der Waals surface area contributed by atoms with Crippen molar-refractivity contribution in [2.24, 2.45) is 0 Å². The number of benzene rings is 2. The van der Waals surface area contributed by atoms with E-state index in [0.717, 1.165) is 10.0 Å². The maximum Gasteiger partial charge on any atom is 0.196 e. The first-order valence-corrected chi connectivity index (χ1v) is 6.77. The van der Waals surface area contributed by atoms with E-state index >= 15 is 0 Å². The lowest BCUT2D eigenvalue weighted by Crippen LogP contribution is -2.04. The molecule has 0 aliphatic rings. The van der Waals surface area contributed by atoms with Crippen LogP contribution in [0.5, 0.6) is 5.75 Å². The van der Waals surface area contributed by atoms with Crippen molar-refractivity contribution in [2.45, 2.75) is 13.8 Å². The van der Waals surface area contributed by atoms with E-state index in [2.05, 4.69) is 15.9 Å². The van der Waals surface area contributed by atoms with Gasteiger partial charge >= 0.3 is 0 Å². The fourth-order valence-corrected chi connectivity index (χ4v) is 2.23. The van der Waals surface area contributed by atoms with Gasteiger partial charge in [0.05, 0.1) is 12.7 Å². The standard InChI is InChI=1S/C16H15BrO2/c1-10-4-5-12(8-11(10)2)16(18)14-7-6-13(17)9-15(14)19-3/h4-9H,1-3H3. The molecule has 19 heavy (non-hydrogen) atoms. The number of hydrogen-bond acceptors (Lipinski definition) is 2. The number of ether oxygens (including phenoxy) is 1. The van der Waals surface area contributed by atoms with Gasteiger partial charge in [0.1, 0.15) is 5.75 Å². The number of halogens is 1. The molecular formula is C16H15BrO2. The molecule has 0 radical (unpaired) electrons. The molecule has 0 N–H and O–H groups in total. The van der Waals surface area contributed by atoms with Crippen LogP contribution in [0.15, 0.2) is 40.9 Å². The van der Waals surface area contributed by atoms with Gasteiger partial charge in [0.2, 0.25) is 0 Å². The first-order chi connectivity index (χ1) is 9.02. The van der Waals surface area contributed by atoms with Crippen molar-refractivity contribution < 1.29 is 9.53 Å². The third-order valence-electron chi connectivity index (χ3n) is 3.18. The minimum atomic E-state index is -0.0209. The van der Waals surface area contributed by atoms with Crippen LogP contribution in [0.2, 0.25) is 0 Å². The quantitative estimate of drug-likeness (QED) is 0.788. The van der Waals surface area contributed by atoms with Gasteiger partial charge in [-0.05, 0) is 49.2 Å². The average molecular weight is 319 g/mol. The van der Waals surface area contributed by atoms with Gasteiger partial charge in [0, 0.05) is 10.0 Å². The van der Waals surface area contributed by atoms with Crippen LogP contribution in [0.4, 0.5) is 0 Å². The second-order valence-corrected chi connectivity index (χ2v) is 5.39. The second-order valence-electron chi connectivity index (χ2n) is 4.47. The van der Waals surface area contributed by atoms with E-state index in [9.17, 15) is 4.79 Å². The Morgan fingerprint density at radius 2 is 1.79 bits per heavy atom. The Bertz CT molecular complexity index is 633. The SMILES string of the molecule is COc1cc(Br)ccc1C(=O)c1ccc(C)c(C)c1. The summed E-state index contributed by atoms with van der Waals surface area (Å²) in [5, 5.41) is 0. The van der Waals surface area contributed by atoms with E-state index in [1.54, 1.807) is 19.2 Å². The lowest BCUT2D eigenvalue weighted by Gasteiger charge is -2.09. The van der Waals surface area contributed by atoms with Crippen molar-refractivity contribution >= 4 is 21.7 Å². The summed E-state index contributed by atoms with van der Waals surface area (Å²) in [6, 6.07) is 11.2. The molecule has 2 rings (SSSR count). The zero-order chi connectivity index (χ0) is 14.0. The summed E-state index contributed by atoms with van der Waals surface area (Å²) in [6.07, 6.45) is 0. The highest BCUT2D eigenvalue weighted by atomic mass is 79.9. The van der Waals surface area contributed by atoms with E-state index < -0.39 is 0 Å². The van der Waals surface area contributed by atoms with Crippen LogP contribution < -0.4 is 4.74 Å². The van der Waals surface area contributed by atoms with Crippen molar-refractivity contribution in [3.63, 3.8) is 0 Å². The molecule has 0 fully saturated rings. The van der Waals surface area contributed by atoms with Crippen LogP contribution in [0, 0.1) is 13.8 Å². The molecule has 0 unspecified atom stereocenters. The number of aryl methyl sites for hydroxylation is 2. The molecule has 0 saturated heterocycles. The molecule has 3 heteroatoms. The zero-order valence-electron chi connectivity index (χ0n) is 11.2. The van der Waals surface area contributed by atoms with Gasteiger partial charge in [0.15, 0.2) is 5.78 Å². The summed E-state index contributed by atoms with van der Waals surface area (Å²) in [7, 11) is 1.57. The van der Waals surface area contributed by atoms with Gasteiger partial charge < -0.3 is 4.74 Å². The third-order valence-corrected chi connectivity index (χ3v) is 3.67. The van der Waals surface area contributed by atoms with E-state index in [1.165, 1.54) is 5.56 Å². The van der Waals surface area contributed by atoms with Crippen molar-refractivity contribution in [1.29, 1.82) is 0 Å². The Balaban J connectivity index is 2.46. The minimum absolute atomic E-state index is 0.0209. The molecule has 2 aromatic carbocycles. The van der Waals surface area contributed by atoms with Crippen LogP contribution in [0.1, 0.15) is 27.0 Å². The lowest BCUT2D eigenvalue weighted by atomic mass is 9.99. The van der Waals surface area contributed by atoms with Crippen LogP contribution in [0.3, 0.4) is 0 Å². The molecule has 2 nitrogen and oxygen atoms in total. The molecule has 2 aromatic rings. The van der Waals surface area contributed by atoms with Crippen molar-refractivity contribution in [3.05, 3.63) is 63.1 Å². The monoisotopic (exact) mass is 318 g/mol. The predicted molar refractivity (Wildman–Crippen MR) is 80.0 cm³/mol. The molecule has 0 bridgehead atoms. The lowest BCUT2D eigenvalue weighted by molar-refractivity contribution is 0.103. The zero-order valence-corrected chi connectivity index (χ0v) is 12.7. The van der Waals surface area contributed by atoms with E-state index in [1.807, 2.05) is 38.1 Å². The van der Waals surface area contributed by atoms with Gasteiger partial charge in [-0.1, -0.05) is 28.1 Å². The van der Waals surface area contributed by atoms with E-state index in [-0.39, 0.29) is 5.78 Å². The molecule has 0 aromatic heterocycles. The van der Waals surface area contributed by atoms with E-state index in [0.29, 0.717) is 16.9 Å². The predicted octanol–water partition coefficient (Wildman–Crippen LogP) is 4.31. The van der Waals surface area contributed by atoms with Crippen LogP contribution in [-0.4, -0.2) is 12.9 Å². The maximum atomic E-state index is 12.5. The number of methoxy groups -OCH3 is 1. The Labute approximate surface area is 121 Å². The molecule has 0 aliphatic heterocycles. The van der Waals surface area contributed by atoms with Crippen molar-refractivity contribution in [2.75, 3.05) is 7.11 Å². The van der Waals surface area contributed by atoms with Gasteiger partial charge in [0.25, 0.3) is 0 Å². The first-order valence-electron chi connectivity index (χ1n) is 5.98. The third kappa shape index (κ3) is 2.87. The number of carbonyl (C=O) groups excluding carboxylic acids is 1.